The van der Waals surface area contributed by atoms with Gasteiger partial charge in [0.05, 0.1) is 23.2 Å². The highest BCUT2D eigenvalue weighted by atomic mass is 19.1. The van der Waals surface area contributed by atoms with Gasteiger partial charge in [-0.05, 0) is 54.5 Å². The fraction of sp³-hybridized carbons (Fsp3) is 0.280. The molecule has 4 aromatic rings. The molecule has 33 heavy (non-hydrogen) atoms. The van der Waals surface area contributed by atoms with Crippen molar-refractivity contribution in [1.29, 1.82) is 0 Å². The minimum Gasteiger partial charge on any atom is -0.424 e. The highest BCUT2D eigenvalue weighted by Crippen LogP contribution is 2.71. The molecule has 1 N–H and O–H groups in total. The summed E-state index contributed by atoms with van der Waals surface area (Å²) < 4.78 is 20.7. The molecule has 1 spiro atoms. The first-order valence-electron chi connectivity index (χ1n) is 11.1. The number of nitrogens with zero attached hydrogens (tertiary/aromatic N) is 4. The molecule has 2 aliphatic carbocycles. The summed E-state index contributed by atoms with van der Waals surface area (Å²) in [6, 6.07) is 14.4. The summed E-state index contributed by atoms with van der Waals surface area (Å²) in [5.74, 6) is 0.0318. The molecule has 4 unspecified atom stereocenters. The van der Waals surface area contributed by atoms with E-state index in [0.29, 0.717) is 24.0 Å². The van der Waals surface area contributed by atoms with Crippen molar-refractivity contribution in [3.05, 3.63) is 72.3 Å². The lowest BCUT2D eigenvalue weighted by Crippen LogP contribution is -2.60. The Labute approximate surface area is 188 Å². The number of hydrogen-bond acceptors (Lipinski definition) is 6. The molecular formula is C25H20FN5O2. The molecule has 2 aromatic carbocycles. The third-order valence-electron chi connectivity index (χ3n) is 7.50. The Bertz CT molecular complexity index is 1370. The van der Waals surface area contributed by atoms with Crippen LogP contribution in [0.4, 0.5) is 10.4 Å². The first-order chi connectivity index (χ1) is 16.1. The maximum absolute atomic E-state index is 14.8. The number of benzene rings is 2. The van der Waals surface area contributed by atoms with Crippen LogP contribution in [0.1, 0.15) is 23.2 Å². The second-order valence-corrected chi connectivity index (χ2v) is 9.21. The lowest BCUT2D eigenvalue weighted by molar-refractivity contribution is 0.0468. The van der Waals surface area contributed by atoms with Crippen molar-refractivity contribution < 1.29 is 13.6 Å². The summed E-state index contributed by atoms with van der Waals surface area (Å²) >= 11 is 0. The molecule has 1 aliphatic heterocycles. The number of halogens is 1. The van der Waals surface area contributed by atoms with Crippen LogP contribution in [0, 0.1) is 17.2 Å². The summed E-state index contributed by atoms with van der Waals surface area (Å²) in [5.41, 5.74) is 2.14. The minimum absolute atomic E-state index is 0.0258. The molecule has 1 saturated heterocycles. The van der Waals surface area contributed by atoms with Gasteiger partial charge in [0, 0.05) is 18.9 Å². The quantitative estimate of drug-likeness (QED) is 0.513. The second-order valence-electron chi connectivity index (χ2n) is 9.21. The Morgan fingerprint density at radius 1 is 1.09 bits per heavy atom. The van der Waals surface area contributed by atoms with E-state index in [9.17, 15) is 9.18 Å². The Morgan fingerprint density at radius 3 is 2.79 bits per heavy atom. The Balaban J connectivity index is 1.20. The monoisotopic (exact) mass is 441 g/mol. The van der Waals surface area contributed by atoms with Crippen molar-refractivity contribution >= 4 is 23.0 Å². The molecule has 2 saturated carbocycles. The number of aromatic nitrogens is 3. The average Bonchev–Trinajstić information content (AvgIpc) is 3.29. The van der Waals surface area contributed by atoms with Crippen LogP contribution < -0.4 is 5.32 Å². The van der Waals surface area contributed by atoms with Crippen LogP contribution in [0.15, 0.2) is 65.3 Å². The number of anilines is 1. The van der Waals surface area contributed by atoms with Gasteiger partial charge in [-0.25, -0.2) is 14.4 Å². The van der Waals surface area contributed by atoms with Crippen molar-refractivity contribution in [3.63, 3.8) is 0 Å². The van der Waals surface area contributed by atoms with Gasteiger partial charge in [0.25, 0.3) is 11.9 Å². The van der Waals surface area contributed by atoms with Crippen molar-refractivity contribution in [3.8, 4) is 11.4 Å². The number of amides is 1. The van der Waals surface area contributed by atoms with Crippen molar-refractivity contribution in [2.45, 2.75) is 24.9 Å². The number of carbonyl (C=O) groups is 1. The van der Waals surface area contributed by atoms with Crippen LogP contribution in [-0.2, 0) is 0 Å². The predicted octanol–water partition coefficient (Wildman–Crippen LogP) is 4.14. The number of fused-ring (bicyclic) bond motifs is 1. The number of oxazole rings is 1. The second kappa shape index (κ2) is 6.60. The van der Waals surface area contributed by atoms with Gasteiger partial charge < -0.3 is 14.6 Å². The maximum Gasteiger partial charge on any atom is 0.295 e. The SMILES string of the molecule is O=C(c1cccc(F)c1-c1ncccn1)N1CC2CC23CC(Nc2nc4ccccc4o2)C13. The fourth-order valence-electron chi connectivity index (χ4n) is 5.96. The van der Waals surface area contributed by atoms with Gasteiger partial charge in [-0.15, -0.1) is 0 Å². The van der Waals surface area contributed by atoms with E-state index >= 15 is 0 Å². The van der Waals surface area contributed by atoms with Crippen LogP contribution in [-0.4, -0.2) is 44.4 Å². The van der Waals surface area contributed by atoms with Crippen LogP contribution in [0.3, 0.4) is 0 Å². The highest BCUT2D eigenvalue weighted by Gasteiger charge is 2.75. The number of hydrogen-bond donors (Lipinski definition) is 1. The van der Waals surface area contributed by atoms with E-state index < -0.39 is 5.82 Å². The minimum atomic E-state index is -0.499. The Hall–Kier alpha value is -3.81. The average molecular weight is 441 g/mol. The van der Waals surface area contributed by atoms with E-state index in [0.717, 1.165) is 23.9 Å². The van der Waals surface area contributed by atoms with E-state index in [1.54, 1.807) is 30.6 Å². The summed E-state index contributed by atoms with van der Waals surface area (Å²) in [6.07, 6.45) is 5.21. The molecule has 7 nitrogen and oxygen atoms in total. The van der Waals surface area contributed by atoms with Gasteiger partial charge in [-0.2, -0.15) is 4.98 Å². The third-order valence-corrected chi connectivity index (χ3v) is 7.50. The largest absolute Gasteiger partial charge is 0.424 e. The van der Waals surface area contributed by atoms with E-state index in [1.807, 2.05) is 29.2 Å². The third kappa shape index (κ3) is 2.66. The number of para-hydroxylation sites is 2. The first-order valence-corrected chi connectivity index (χ1v) is 11.1. The van der Waals surface area contributed by atoms with E-state index in [2.05, 4.69) is 20.3 Å². The molecule has 7 rings (SSSR count). The van der Waals surface area contributed by atoms with Crippen molar-refractivity contribution in [2.75, 3.05) is 11.9 Å². The summed E-state index contributed by atoms with van der Waals surface area (Å²) in [7, 11) is 0. The van der Waals surface area contributed by atoms with Gasteiger partial charge in [-0.3, -0.25) is 4.79 Å². The molecule has 8 heteroatoms. The van der Waals surface area contributed by atoms with Crippen LogP contribution in [0.5, 0.6) is 0 Å². The number of likely N-dealkylation sites (tertiary alicyclic amines) is 1. The normalized spacial score (nSPS) is 27.1. The number of carbonyl (C=O) groups excluding carboxylic acids is 1. The predicted molar refractivity (Wildman–Crippen MR) is 119 cm³/mol. The van der Waals surface area contributed by atoms with Crippen LogP contribution in [0.2, 0.25) is 0 Å². The topological polar surface area (TPSA) is 84.2 Å². The molecule has 4 atom stereocenters. The van der Waals surface area contributed by atoms with Crippen molar-refractivity contribution in [2.24, 2.45) is 11.3 Å². The molecule has 1 amide bonds. The lowest BCUT2D eigenvalue weighted by Gasteiger charge is -2.47. The number of rotatable bonds is 4. The van der Waals surface area contributed by atoms with Crippen LogP contribution in [0.25, 0.3) is 22.5 Å². The number of piperidine rings is 1. The van der Waals surface area contributed by atoms with Gasteiger partial charge in [0.2, 0.25) is 0 Å². The van der Waals surface area contributed by atoms with Gasteiger partial charge in [-0.1, -0.05) is 18.2 Å². The lowest BCUT2D eigenvalue weighted by atomic mass is 9.71. The zero-order valence-electron chi connectivity index (χ0n) is 17.6. The molecule has 3 aliphatic rings. The summed E-state index contributed by atoms with van der Waals surface area (Å²) in [4.78, 5) is 28.5. The standard InChI is InChI=1S/C25H20FN5O2/c26-16-6-3-5-15(20(16)22-27-9-4-10-28-22)23(32)31-13-14-11-25(14)12-18(21(25)31)30-24-29-17-7-1-2-8-19(17)33-24/h1-10,14,18,21H,11-13H2,(H,29,30). The van der Waals surface area contributed by atoms with Gasteiger partial charge >= 0.3 is 0 Å². The van der Waals surface area contributed by atoms with E-state index in [-0.39, 0.29) is 34.8 Å². The number of nitrogens with one attached hydrogen (secondary N) is 1. The van der Waals surface area contributed by atoms with Crippen LogP contribution >= 0.6 is 0 Å². The Kier molecular flexibility index (Phi) is 3.75. The molecule has 0 bridgehead atoms. The first kappa shape index (κ1) is 18.7. The van der Waals surface area contributed by atoms with Gasteiger partial charge in [0.1, 0.15) is 11.3 Å². The smallest absolute Gasteiger partial charge is 0.295 e. The molecule has 2 aromatic heterocycles. The molecule has 164 valence electrons. The van der Waals surface area contributed by atoms with Gasteiger partial charge in [0.15, 0.2) is 11.4 Å². The molecule has 3 fully saturated rings. The zero-order valence-corrected chi connectivity index (χ0v) is 17.6. The maximum atomic E-state index is 14.8. The van der Waals surface area contributed by atoms with E-state index in [4.69, 9.17) is 4.42 Å². The summed E-state index contributed by atoms with van der Waals surface area (Å²) in [5, 5.41) is 3.41. The Morgan fingerprint density at radius 2 is 1.94 bits per heavy atom. The summed E-state index contributed by atoms with van der Waals surface area (Å²) in [6.45, 7) is 0.681. The highest BCUT2D eigenvalue weighted by molar-refractivity contribution is 6.01. The van der Waals surface area contributed by atoms with E-state index in [1.165, 1.54) is 6.07 Å². The zero-order chi connectivity index (χ0) is 22.2. The molecule has 0 radical (unpaired) electrons. The molecule has 3 heterocycles. The molecular weight excluding hydrogens is 421 g/mol. The van der Waals surface area contributed by atoms with Crippen molar-refractivity contribution in [1.82, 2.24) is 19.9 Å². The fourth-order valence-corrected chi connectivity index (χ4v) is 5.96.